The van der Waals surface area contributed by atoms with Crippen molar-refractivity contribution in [1.29, 1.82) is 0 Å². The summed E-state index contributed by atoms with van der Waals surface area (Å²) in [7, 11) is 0. The number of hydrogen-bond acceptors (Lipinski definition) is 5. The number of hydrogen-bond donors (Lipinski definition) is 1. The smallest absolute Gasteiger partial charge is 0.335 e. The third-order valence-electron chi connectivity index (χ3n) is 5.16. The van der Waals surface area contributed by atoms with Gasteiger partial charge in [-0.2, -0.15) is 0 Å². The lowest BCUT2D eigenvalue weighted by molar-refractivity contribution is -0.122. The van der Waals surface area contributed by atoms with Crippen molar-refractivity contribution in [3.8, 4) is 11.5 Å². The number of carbonyl (C=O) groups is 3. The molecule has 4 rings (SSSR count). The first-order valence-corrected chi connectivity index (χ1v) is 12.3. The summed E-state index contributed by atoms with van der Waals surface area (Å²) in [4.78, 5) is 39.0. The minimum Gasteiger partial charge on any atom is -0.490 e. The molecule has 0 atom stereocenters. The lowest BCUT2D eigenvalue weighted by Gasteiger charge is -2.26. The van der Waals surface area contributed by atoms with Gasteiger partial charge in [0, 0.05) is 15.1 Å². The topological polar surface area (TPSA) is 84.9 Å². The maximum atomic E-state index is 13.2. The average molecular weight is 590 g/mol. The maximum Gasteiger partial charge on any atom is 0.335 e. The second kappa shape index (κ2) is 11.2. The van der Waals surface area contributed by atoms with Crippen LogP contribution in [0.25, 0.3) is 6.08 Å². The second-order valence-electron chi connectivity index (χ2n) is 7.58. The van der Waals surface area contributed by atoms with Gasteiger partial charge >= 0.3 is 6.03 Å². The molecule has 0 bridgehead atoms. The quantitative estimate of drug-likeness (QED) is 0.255. The summed E-state index contributed by atoms with van der Waals surface area (Å²) in [6.07, 6.45) is 1.35. The van der Waals surface area contributed by atoms with Gasteiger partial charge in [-0.25, -0.2) is 9.69 Å². The number of rotatable bonds is 7. The van der Waals surface area contributed by atoms with E-state index in [4.69, 9.17) is 32.7 Å². The van der Waals surface area contributed by atoms with Crippen LogP contribution in [0, 0.1) is 0 Å². The Hall–Kier alpha value is -3.33. The van der Waals surface area contributed by atoms with Gasteiger partial charge in [-0.1, -0.05) is 57.3 Å². The molecule has 0 spiro atoms. The Morgan fingerprint density at radius 1 is 0.972 bits per heavy atom. The zero-order valence-corrected chi connectivity index (χ0v) is 22.0. The van der Waals surface area contributed by atoms with Gasteiger partial charge < -0.3 is 9.47 Å². The van der Waals surface area contributed by atoms with E-state index in [1.807, 2.05) is 18.2 Å². The third-order valence-corrected chi connectivity index (χ3v) is 6.34. The first-order valence-electron chi connectivity index (χ1n) is 10.8. The molecule has 10 heteroatoms. The minimum absolute atomic E-state index is 0.158. The van der Waals surface area contributed by atoms with Crippen molar-refractivity contribution >= 4 is 68.7 Å². The van der Waals surface area contributed by atoms with Crippen LogP contribution >= 0.6 is 39.1 Å². The number of anilines is 1. The van der Waals surface area contributed by atoms with Crippen LogP contribution in [0.2, 0.25) is 10.0 Å². The fourth-order valence-corrected chi connectivity index (χ4v) is 4.22. The predicted molar refractivity (Wildman–Crippen MR) is 142 cm³/mol. The Morgan fingerprint density at radius 3 is 2.39 bits per heavy atom. The zero-order valence-electron chi connectivity index (χ0n) is 18.9. The predicted octanol–water partition coefficient (Wildman–Crippen LogP) is 6.40. The maximum absolute atomic E-state index is 13.2. The van der Waals surface area contributed by atoms with Crippen LogP contribution in [-0.4, -0.2) is 24.5 Å². The molecule has 4 amide bonds. The SMILES string of the molecule is CCOc1cc(/C=C2/C(=O)NC(=O)N(c3ccc(Br)cc3)C2=O)cc(Cl)c1OCc1ccccc1Cl. The van der Waals surface area contributed by atoms with Crippen molar-refractivity contribution in [3.05, 3.63) is 91.9 Å². The summed E-state index contributed by atoms with van der Waals surface area (Å²) in [6, 6.07) is 16.1. The molecule has 0 aliphatic carbocycles. The molecule has 1 N–H and O–H groups in total. The number of halogens is 3. The monoisotopic (exact) mass is 588 g/mol. The molecule has 3 aromatic rings. The van der Waals surface area contributed by atoms with E-state index in [1.54, 1.807) is 49.4 Å². The highest BCUT2D eigenvalue weighted by molar-refractivity contribution is 9.10. The summed E-state index contributed by atoms with van der Waals surface area (Å²) in [5.74, 6) is -0.953. The van der Waals surface area contributed by atoms with Crippen LogP contribution in [-0.2, 0) is 16.2 Å². The van der Waals surface area contributed by atoms with Gasteiger partial charge in [0.15, 0.2) is 11.5 Å². The molecule has 184 valence electrons. The van der Waals surface area contributed by atoms with Gasteiger partial charge in [0.1, 0.15) is 12.2 Å². The average Bonchev–Trinajstić information content (AvgIpc) is 2.83. The van der Waals surface area contributed by atoms with Crippen molar-refractivity contribution in [1.82, 2.24) is 5.32 Å². The van der Waals surface area contributed by atoms with Crippen LogP contribution < -0.4 is 19.7 Å². The van der Waals surface area contributed by atoms with E-state index in [2.05, 4.69) is 21.2 Å². The van der Waals surface area contributed by atoms with E-state index < -0.39 is 17.8 Å². The van der Waals surface area contributed by atoms with Crippen LogP contribution in [0.5, 0.6) is 11.5 Å². The Labute approximate surface area is 225 Å². The van der Waals surface area contributed by atoms with Crippen LogP contribution in [0.3, 0.4) is 0 Å². The molecule has 1 aliphatic heterocycles. The molecule has 1 fully saturated rings. The summed E-state index contributed by atoms with van der Waals surface area (Å²) in [5, 5.41) is 2.97. The fourth-order valence-electron chi connectivity index (χ4n) is 3.49. The van der Waals surface area contributed by atoms with Crippen molar-refractivity contribution in [3.63, 3.8) is 0 Å². The summed E-state index contributed by atoms with van der Waals surface area (Å²) in [5.41, 5.74) is 1.26. The molecule has 0 unspecified atom stereocenters. The van der Waals surface area contributed by atoms with Gasteiger partial charge in [0.2, 0.25) is 0 Å². The molecule has 0 aromatic heterocycles. The van der Waals surface area contributed by atoms with E-state index in [0.717, 1.165) is 14.9 Å². The van der Waals surface area contributed by atoms with Crippen molar-refractivity contribution in [2.24, 2.45) is 0 Å². The lowest BCUT2D eigenvalue weighted by atomic mass is 10.1. The van der Waals surface area contributed by atoms with Crippen molar-refractivity contribution in [2.75, 3.05) is 11.5 Å². The van der Waals surface area contributed by atoms with Gasteiger partial charge in [0.05, 0.1) is 17.3 Å². The Kier molecular flexibility index (Phi) is 7.98. The molecule has 0 radical (unpaired) electrons. The number of nitrogens with zero attached hydrogens (tertiary/aromatic N) is 1. The highest BCUT2D eigenvalue weighted by Gasteiger charge is 2.36. The van der Waals surface area contributed by atoms with E-state index in [9.17, 15) is 14.4 Å². The standard InChI is InChI=1S/C26H19BrCl2N2O5/c1-2-35-22-13-15(12-21(29)23(22)36-14-16-5-3-4-6-20(16)28)11-19-24(32)30-26(34)31(25(19)33)18-9-7-17(27)8-10-18/h3-13H,2,14H2,1H3,(H,30,32,34)/b19-11-. The molecule has 3 aromatic carbocycles. The number of imide groups is 2. The zero-order chi connectivity index (χ0) is 25.8. The van der Waals surface area contributed by atoms with E-state index >= 15 is 0 Å². The lowest BCUT2D eigenvalue weighted by Crippen LogP contribution is -2.54. The molecule has 36 heavy (non-hydrogen) atoms. The summed E-state index contributed by atoms with van der Waals surface area (Å²) < 4.78 is 12.4. The van der Waals surface area contributed by atoms with E-state index in [1.165, 1.54) is 6.08 Å². The number of nitrogens with one attached hydrogen (secondary N) is 1. The molecule has 1 saturated heterocycles. The molecule has 1 aliphatic rings. The fraction of sp³-hybridized carbons (Fsp3) is 0.115. The number of carbonyl (C=O) groups excluding carboxylic acids is 3. The van der Waals surface area contributed by atoms with Crippen molar-refractivity contribution in [2.45, 2.75) is 13.5 Å². The summed E-state index contributed by atoms with van der Waals surface area (Å²) >= 11 is 16.0. The Bertz CT molecular complexity index is 1380. The summed E-state index contributed by atoms with van der Waals surface area (Å²) in [6.45, 7) is 2.28. The highest BCUT2D eigenvalue weighted by Crippen LogP contribution is 2.38. The normalized spacial score (nSPS) is 14.7. The molecule has 0 saturated carbocycles. The van der Waals surface area contributed by atoms with E-state index in [-0.39, 0.29) is 17.2 Å². The second-order valence-corrected chi connectivity index (χ2v) is 9.31. The Balaban J connectivity index is 1.66. The first-order chi connectivity index (χ1) is 17.3. The first kappa shape index (κ1) is 25.8. The molecular formula is C26H19BrCl2N2O5. The number of barbiturate groups is 1. The van der Waals surface area contributed by atoms with Gasteiger partial charge in [-0.05, 0) is 61.0 Å². The molecule has 1 heterocycles. The van der Waals surface area contributed by atoms with Gasteiger partial charge in [-0.15, -0.1) is 0 Å². The Morgan fingerprint density at radius 2 is 1.69 bits per heavy atom. The molecule has 7 nitrogen and oxygen atoms in total. The largest absolute Gasteiger partial charge is 0.490 e. The van der Waals surface area contributed by atoms with Crippen LogP contribution in [0.15, 0.2) is 70.7 Å². The minimum atomic E-state index is -0.833. The van der Waals surface area contributed by atoms with Crippen LogP contribution in [0.1, 0.15) is 18.1 Å². The van der Waals surface area contributed by atoms with Gasteiger partial charge in [-0.3, -0.25) is 14.9 Å². The van der Waals surface area contributed by atoms with Crippen molar-refractivity contribution < 1.29 is 23.9 Å². The van der Waals surface area contributed by atoms with E-state index in [0.29, 0.717) is 34.4 Å². The highest BCUT2D eigenvalue weighted by atomic mass is 79.9. The molecular weight excluding hydrogens is 571 g/mol. The number of ether oxygens (including phenoxy) is 2. The van der Waals surface area contributed by atoms with Gasteiger partial charge in [0.25, 0.3) is 11.8 Å². The number of urea groups is 1. The third kappa shape index (κ3) is 5.56. The number of amides is 4. The van der Waals surface area contributed by atoms with Crippen LogP contribution in [0.4, 0.5) is 10.5 Å². The number of benzene rings is 3.